The Morgan fingerprint density at radius 1 is 1.23 bits per heavy atom. The molecule has 22 heavy (non-hydrogen) atoms. The number of hydrogen-bond donors (Lipinski definition) is 1. The maximum Gasteiger partial charge on any atom is 0.238 e. The molecular weight excluding hydrogens is 304 g/mol. The van der Waals surface area contributed by atoms with Gasteiger partial charge in [0.2, 0.25) is 15.9 Å². The zero-order valence-corrected chi connectivity index (χ0v) is 14.4. The Morgan fingerprint density at radius 2 is 1.95 bits per heavy atom. The lowest BCUT2D eigenvalue weighted by Gasteiger charge is -2.29. The molecule has 128 valence electrons. The van der Waals surface area contributed by atoms with Crippen LogP contribution < -0.4 is 5.32 Å². The summed E-state index contributed by atoms with van der Waals surface area (Å²) < 4.78 is 30.4. The summed E-state index contributed by atoms with van der Waals surface area (Å²) in [6.45, 7) is 3.58. The van der Waals surface area contributed by atoms with Crippen LogP contribution in [0.5, 0.6) is 0 Å². The highest BCUT2D eigenvalue weighted by atomic mass is 32.2. The van der Waals surface area contributed by atoms with Crippen LogP contribution in [0, 0.1) is 5.92 Å². The highest BCUT2D eigenvalue weighted by Gasteiger charge is 2.36. The third kappa shape index (κ3) is 4.67. The summed E-state index contributed by atoms with van der Waals surface area (Å²) in [5, 5.41) is 2.81. The van der Waals surface area contributed by atoms with Gasteiger partial charge in [0.05, 0.1) is 19.0 Å². The molecule has 1 aliphatic carbocycles. The van der Waals surface area contributed by atoms with Crippen LogP contribution in [0.3, 0.4) is 0 Å². The van der Waals surface area contributed by atoms with E-state index >= 15 is 0 Å². The fourth-order valence-electron chi connectivity index (χ4n) is 3.43. The highest BCUT2D eigenvalue weighted by Crippen LogP contribution is 2.26. The van der Waals surface area contributed by atoms with Crippen molar-refractivity contribution in [1.29, 1.82) is 0 Å². The molecule has 1 N–H and O–H groups in total. The maximum atomic E-state index is 12.1. The van der Waals surface area contributed by atoms with Crippen LogP contribution in [-0.4, -0.2) is 56.7 Å². The second-order valence-corrected chi connectivity index (χ2v) is 8.43. The van der Waals surface area contributed by atoms with E-state index in [1.54, 1.807) is 0 Å². The Bertz CT molecular complexity index is 480. The van der Waals surface area contributed by atoms with Crippen LogP contribution in [0.2, 0.25) is 0 Å². The van der Waals surface area contributed by atoms with Gasteiger partial charge in [-0.05, 0) is 31.6 Å². The minimum atomic E-state index is -3.31. The molecular formula is C15H28N2O4S. The van der Waals surface area contributed by atoms with E-state index in [1.165, 1.54) is 23.6 Å². The van der Waals surface area contributed by atoms with Crippen LogP contribution in [0.25, 0.3) is 0 Å². The topological polar surface area (TPSA) is 75.7 Å². The molecule has 1 amide bonds. The number of carbonyl (C=O) groups excluding carboxylic acids is 1. The summed E-state index contributed by atoms with van der Waals surface area (Å²) in [6.07, 6.45) is 7.59. The number of nitrogens with zero attached hydrogens (tertiary/aromatic N) is 1. The summed E-state index contributed by atoms with van der Waals surface area (Å²) in [5.41, 5.74) is 0. The van der Waals surface area contributed by atoms with E-state index in [0.717, 1.165) is 19.1 Å². The Balaban J connectivity index is 1.71. The van der Waals surface area contributed by atoms with Gasteiger partial charge in [-0.1, -0.05) is 19.8 Å². The van der Waals surface area contributed by atoms with Crippen LogP contribution in [0.4, 0.5) is 0 Å². The molecule has 0 spiro atoms. The molecule has 0 aromatic carbocycles. The zero-order valence-electron chi connectivity index (χ0n) is 13.6. The number of carbonyl (C=O) groups is 1. The Hall–Kier alpha value is -0.660. The van der Waals surface area contributed by atoms with Crippen LogP contribution in [0.1, 0.15) is 45.4 Å². The van der Waals surface area contributed by atoms with Gasteiger partial charge < -0.3 is 10.1 Å². The molecule has 0 unspecified atom stereocenters. The van der Waals surface area contributed by atoms with E-state index in [1.807, 2.05) is 0 Å². The van der Waals surface area contributed by atoms with E-state index in [0.29, 0.717) is 38.1 Å². The van der Waals surface area contributed by atoms with Crippen molar-refractivity contribution in [3.05, 3.63) is 0 Å². The molecule has 2 fully saturated rings. The number of amides is 1. The van der Waals surface area contributed by atoms with E-state index in [-0.39, 0.29) is 5.91 Å². The summed E-state index contributed by atoms with van der Waals surface area (Å²) in [6, 6.07) is -0.552. The van der Waals surface area contributed by atoms with Gasteiger partial charge in [-0.3, -0.25) is 4.79 Å². The zero-order chi connectivity index (χ0) is 16.2. The second kappa shape index (κ2) is 7.75. The first-order valence-electron chi connectivity index (χ1n) is 8.25. The molecule has 7 heteroatoms. The van der Waals surface area contributed by atoms with Crippen LogP contribution in [0.15, 0.2) is 0 Å². The van der Waals surface area contributed by atoms with Crippen molar-refractivity contribution in [2.75, 3.05) is 26.0 Å². The minimum absolute atomic E-state index is 0.205. The van der Waals surface area contributed by atoms with Crippen molar-refractivity contribution in [3.63, 3.8) is 0 Å². The van der Waals surface area contributed by atoms with Gasteiger partial charge in [-0.25, -0.2) is 8.42 Å². The molecule has 1 aliphatic heterocycles. The number of rotatable bonds is 6. The first-order valence-corrected chi connectivity index (χ1v) is 10.1. The van der Waals surface area contributed by atoms with E-state index in [2.05, 4.69) is 12.2 Å². The third-order valence-corrected chi connectivity index (χ3v) is 5.99. The minimum Gasteiger partial charge on any atom is -0.376 e. The molecule has 0 bridgehead atoms. The fraction of sp³-hybridized carbons (Fsp3) is 0.933. The molecule has 0 aromatic rings. The maximum absolute atomic E-state index is 12.1. The van der Waals surface area contributed by atoms with Crippen molar-refractivity contribution < 1.29 is 17.9 Å². The number of hydrogen-bond acceptors (Lipinski definition) is 4. The standard InChI is InChI=1S/C15H28N2O4S/c1-12-6-3-4-8-14(12)21-11-9-16-15(18)13-7-5-10-17(13)22(2,19)20/h12-14H,3-11H2,1-2H3,(H,16,18)/t12-,13-,14-/m1/s1. The highest BCUT2D eigenvalue weighted by molar-refractivity contribution is 7.88. The van der Waals surface area contributed by atoms with Gasteiger partial charge in [-0.2, -0.15) is 4.31 Å². The Kier molecular flexibility index (Phi) is 6.23. The average molecular weight is 332 g/mol. The predicted octanol–water partition coefficient (Wildman–Crippen LogP) is 1.12. The molecule has 1 saturated heterocycles. The van der Waals surface area contributed by atoms with Gasteiger partial charge in [0.25, 0.3) is 0 Å². The molecule has 6 nitrogen and oxygen atoms in total. The lowest BCUT2D eigenvalue weighted by atomic mass is 9.88. The van der Waals surface area contributed by atoms with Gasteiger partial charge in [0.1, 0.15) is 6.04 Å². The lowest BCUT2D eigenvalue weighted by Crippen LogP contribution is -2.46. The van der Waals surface area contributed by atoms with E-state index in [4.69, 9.17) is 4.74 Å². The summed E-state index contributed by atoms with van der Waals surface area (Å²) in [7, 11) is -3.31. The first kappa shape index (κ1) is 17.7. The normalized spacial score (nSPS) is 30.4. The van der Waals surface area contributed by atoms with E-state index in [9.17, 15) is 13.2 Å². The summed E-state index contributed by atoms with van der Waals surface area (Å²) in [4.78, 5) is 12.1. The molecule has 0 radical (unpaired) electrons. The van der Waals surface area contributed by atoms with Crippen molar-refractivity contribution >= 4 is 15.9 Å². The predicted molar refractivity (Wildman–Crippen MR) is 85.0 cm³/mol. The van der Waals surface area contributed by atoms with Gasteiger partial charge in [0.15, 0.2) is 0 Å². The van der Waals surface area contributed by atoms with Crippen molar-refractivity contribution in [1.82, 2.24) is 9.62 Å². The number of sulfonamides is 1. The lowest BCUT2D eigenvalue weighted by molar-refractivity contribution is -0.124. The molecule has 0 aromatic heterocycles. The fourth-order valence-corrected chi connectivity index (χ4v) is 4.56. The molecule has 1 saturated carbocycles. The smallest absolute Gasteiger partial charge is 0.238 e. The van der Waals surface area contributed by atoms with Crippen molar-refractivity contribution in [3.8, 4) is 0 Å². The third-order valence-electron chi connectivity index (χ3n) is 4.70. The number of ether oxygens (including phenoxy) is 1. The first-order chi connectivity index (χ1) is 10.4. The molecule has 1 heterocycles. The summed E-state index contributed by atoms with van der Waals surface area (Å²) >= 11 is 0. The molecule has 2 rings (SSSR count). The Morgan fingerprint density at radius 3 is 2.64 bits per heavy atom. The summed E-state index contributed by atoms with van der Waals surface area (Å²) in [5.74, 6) is 0.378. The number of nitrogens with one attached hydrogen (secondary N) is 1. The molecule has 2 aliphatic rings. The monoisotopic (exact) mass is 332 g/mol. The second-order valence-electron chi connectivity index (χ2n) is 6.49. The Labute approximate surface area is 133 Å². The SMILES string of the molecule is C[C@@H]1CCCC[C@H]1OCCNC(=O)[C@H]1CCCN1S(C)(=O)=O. The van der Waals surface area contributed by atoms with E-state index < -0.39 is 16.1 Å². The van der Waals surface area contributed by atoms with Crippen LogP contribution >= 0.6 is 0 Å². The van der Waals surface area contributed by atoms with Gasteiger partial charge in [0, 0.05) is 13.1 Å². The largest absolute Gasteiger partial charge is 0.376 e. The quantitative estimate of drug-likeness (QED) is 0.740. The van der Waals surface area contributed by atoms with Gasteiger partial charge >= 0.3 is 0 Å². The van der Waals surface area contributed by atoms with Crippen molar-refractivity contribution in [2.24, 2.45) is 5.92 Å². The van der Waals surface area contributed by atoms with Crippen LogP contribution in [-0.2, 0) is 19.6 Å². The average Bonchev–Trinajstić information content (AvgIpc) is 2.94. The van der Waals surface area contributed by atoms with Gasteiger partial charge in [-0.15, -0.1) is 0 Å². The van der Waals surface area contributed by atoms with Crippen molar-refractivity contribution in [2.45, 2.75) is 57.6 Å². The molecule has 3 atom stereocenters.